The van der Waals surface area contributed by atoms with E-state index in [9.17, 15) is 0 Å². The van der Waals surface area contributed by atoms with Crippen molar-refractivity contribution in [3.63, 3.8) is 0 Å². The van der Waals surface area contributed by atoms with E-state index in [2.05, 4.69) is 6.92 Å². The van der Waals surface area contributed by atoms with Crippen molar-refractivity contribution in [1.29, 1.82) is 0 Å². The van der Waals surface area contributed by atoms with Crippen LogP contribution in [-0.2, 0) is 0 Å². The Balaban J connectivity index is 3.04. The van der Waals surface area contributed by atoms with E-state index in [0.717, 1.165) is 19.3 Å². The van der Waals surface area contributed by atoms with E-state index < -0.39 is 7.12 Å². The summed E-state index contributed by atoms with van der Waals surface area (Å²) in [6, 6.07) is 0. The first kappa shape index (κ1) is 8.72. The van der Waals surface area contributed by atoms with Crippen LogP contribution in [0.5, 0.6) is 0 Å². The van der Waals surface area contributed by atoms with Gasteiger partial charge in [0.15, 0.2) is 0 Å². The fourth-order valence-corrected chi connectivity index (χ4v) is 0.540. The Hall–Kier alpha value is -0.275. The number of hydrogen-bond donors (Lipinski definition) is 2. The van der Waals surface area contributed by atoms with E-state index in [0.29, 0.717) is 0 Å². The predicted octanol–water partition coefficient (Wildman–Crippen LogP) is 0.745. The Morgan fingerprint density at radius 2 is 2.11 bits per heavy atom. The van der Waals surface area contributed by atoms with Gasteiger partial charge in [-0.05, 0) is 6.42 Å². The van der Waals surface area contributed by atoms with Gasteiger partial charge in [-0.15, -0.1) is 0 Å². The van der Waals surface area contributed by atoms with Gasteiger partial charge in [-0.2, -0.15) is 0 Å². The largest absolute Gasteiger partial charge is 0.480 e. The van der Waals surface area contributed by atoms with Crippen molar-refractivity contribution in [2.75, 3.05) is 0 Å². The third-order valence-corrected chi connectivity index (χ3v) is 1.03. The highest BCUT2D eigenvalue weighted by molar-refractivity contribution is 6.47. The van der Waals surface area contributed by atoms with Gasteiger partial charge in [0.2, 0.25) is 0 Å². The SMILES string of the molecule is CCCCC=CB(O)O. The van der Waals surface area contributed by atoms with E-state index in [1.165, 1.54) is 5.98 Å². The average molecular weight is 128 g/mol. The molecule has 0 aromatic heterocycles. The van der Waals surface area contributed by atoms with Crippen molar-refractivity contribution >= 4 is 7.12 Å². The number of unbranched alkanes of at least 4 members (excludes halogenated alkanes) is 2. The zero-order valence-electron chi connectivity index (χ0n) is 5.75. The molecule has 2 N–H and O–H groups in total. The second kappa shape index (κ2) is 5.85. The van der Waals surface area contributed by atoms with E-state index in [-0.39, 0.29) is 0 Å². The maximum Gasteiger partial charge on any atom is 0.480 e. The monoisotopic (exact) mass is 128 g/mol. The van der Waals surface area contributed by atoms with Gasteiger partial charge >= 0.3 is 7.12 Å². The highest BCUT2D eigenvalue weighted by Crippen LogP contribution is 1.94. The van der Waals surface area contributed by atoms with Gasteiger partial charge in [0, 0.05) is 0 Å². The van der Waals surface area contributed by atoms with Gasteiger partial charge in [0.05, 0.1) is 0 Å². The highest BCUT2D eigenvalue weighted by Gasteiger charge is 1.95. The number of allylic oxidation sites excluding steroid dienone is 1. The van der Waals surface area contributed by atoms with Crippen molar-refractivity contribution < 1.29 is 10.0 Å². The summed E-state index contributed by atoms with van der Waals surface area (Å²) in [5.74, 6) is 1.38. The molecule has 0 unspecified atom stereocenters. The van der Waals surface area contributed by atoms with Crippen LogP contribution in [0.2, 0.25) is 0 Å². The molecule has 0 heterocycles. The molecule has 0 saturated heterocycles. The van der Waals surface area contributed by atoms with Crippen LogP contribution in [0.4, 0.5) is 0 Å². The lowest BCUT2D eigenvalue weighted by Gasteiger charge is -1.87. The fraction of sp³-hybridized carbons (Fsp3) is 0.667. The molecule has 0 aromatic rings. The first-order chi connectivity index (χ1) is 4.27. The van der Waals surface area contributed by atoms with Crippen molar-refractivity contribution in [3.8, 4) is 0 Å². The zero-order chi connectivity index (χ0) is 7.11. The van der Waals surface area contributed by atoms with E-state index in [1.54, 1.807) is 6.08 Å². The summed E-state index contributed by atoms with van der Waals surface area (Å²) in [6.45, 7) is 2.10. The summed E-state index contributed by atoms with van der Waals surface area (Å²) in [5.41, 5.74) is 0. The van der Waals surface area contributed by atoms with Crippen LogP contribution in [0.1, 0.15) is 26.2 Å². The Morgan fingerprint density at radius 3 is 2.56 bits per heavy atom. The summed E-state index contributed by atoms with van der Waals surface area (Å²) in [7, 11) is -1.28. The molecule has 0 aliphatic rings. The van der Waals surface area contributed by atoms with Crippen LogP contribution in [0.25, 0.3) is 0 Å². The molecule has 3 heteroatoms. The van der Waals surface area contributed by atoms with E-state index in [1.807, 2.05) is 0 Å². The Labute approximate surface area is 56.4 Å². The van der Waals surface area contributed by atoms with Gasteiger partial charge in [-0.3, -0.25) is 0 Å². The van der Waals surface area contributed by atoms with E-state index >= 15 is 0 Å². The smallest absolute Gasteiger partial charge is 0.424 e. The lowest BCUT2D eigenvalue weighted by atomic mass is 9.91. The standard InChI is InChI=1S/C6H13BO2/c1-2-3-4-5-6-7(8)9/h5-6,8-9H,2-4H2,1H3. The molecule has 0 radical (unpaired) electrons. The first-order valence-corrected chi connectivity index (χ1v) is 3.30. The minimum Gasteiger partial charge on any atom is -0.424 e. The number of hydrogen-bond acceptors (Lipinski definition) is 2. The van der Waals surface area contributed by atoms with Crippen LogP contribution in [0, 0.1) is 0 Å². The molecular formula is C6H13BO2. The third-order valence-electron chi connectivity index (χ3n) is 1.03. The minimum atomic E-state index is -1.28. The molecule has 0 rings (SSSR count). The Morgan fingerprint density at radius 1 is 1.44 bits per heavy atom. The minimum absolute atomic E-state index is 0.939. The molecule has 0 amide bonds. The van der Waals surface area contributed by atoms with Crippen molar-refractivity contribution in [1.82, 2.24) is 0 Å². The lowest BCUT2D eigenvalue weighted by Crippen LogP contribution is -2.05. The molecule has 52 valence electrons. The quantitative estimate of drug-likeness (QED) is 0.433. The molecule has 0 saturated carbocycles. The topological polar surface area (TPSA) is 40.5 Å². The van der Waals surface area contributed by atoms with Gasteiger partial charge in [0.1, 0.15) is 0 Å². The molecule has 0 bridgehead atoms. The van der Waals surface area contributed by atoms with Gasteiger partial charge < -0.3 is 10.0 Å². The van der Waals surface area contributed by atoms with Crippen molar-refractivity contribution in [2.45, 2.75) is 26.2 Å². The molecule has 9 heavy (non-hydrogen) atoms. The van der Waals surface area contributed by atoms with Gasteiger partial charge in [-0.25, -0.2) is 0 Å². The molecular weight excluding hydrogens is 115 g/mol. The summed E-state index contributed by atoms with van der Waals surface area (Å²) < 4.78 is 0. The first-order valence-electron chi connectivity index (χ1n) is 3.30. The second-order valence-electron chi connectivity index (χ2n) is 1.98. The van der Waals surface area contributed by atoms with Gasteiger partial charge in [0.25, 0.3) is 0 Å². The Bertz CT molecular complexity index is 81.1. The van der Waals surface area contributed by atoms with Crippen LogP contribution in [-0.4, -0.2) is 17.2 Å². The Kier molecular flexibility index (Phi) is 5.68. The van der Waals surface area contributed by atoms with Crippen LogP contribution in [0.15, 0.2) is 12.1 Å². The molecule has 0 aliphatic heterocycles. The zero-order valence-corrected chi connectivity index (χ0v) is 5.75. The molecule has 0 spiro atoms. The molecule has 0 aromatic carbocycles. The molecule has 0 atom stereocenters. The maximum absolute atomic E-state index is 8.32. The summed E-state index contributed by atoms with van der Waals surface area (Å²) in [6.07, 6.45) is 4.98. The maximum atomic E-state index is 8.32. The number of rotatable bonds is 4. The lowest BCUT2D eigenvalue weighted by molar-refractivity contribution is 0.424. The van der Waals surface area contributed by atoms with Crippen molar-refractivity contribution in [2.24, 2.45) is 0 Å². The fourth-order valence-electron chi connectivity index (χ4n) is 0.540. The van der Waals surface area contributed by atoms with Crippen LogP contribution in [0.3, 0.4) is 0 Å². The predicted molar refractivity (Wildman–Crippen MR) is 38.9 cm³/mol. The third kappa shape index (κ3) is 7.72. The van der Waals surface area contributed by atoms with Gasteiger partial charge in [-0.1, -0.05) is 31.8 Å². The summed E-state index contributed by atoms with van der Waals surface area (Å²) in [5, 5.41) is 16.6. The summed E-state index contributed by atoms with van der Waals surface area (Å²) >= 11 is 0. The molecule has 0 fully saturated rings. The molecule has 2 nitrogen and oxygen atoms in total. The summed E-state index contributed by atoms with van der Waals surface area (Å²) in [4.78, 5) is 0. The normalized spacial score (nSPS) is 10.6. The molecule has 0 aliphatic carbocycles. The van der Waals surface area contributed by atoms with Crippen LogP contribution >= 0.6 is 0 Å². The van der Waals surface area contributed by atoms with Crippen LogP contribution < -0.4 is 0 Å². The van der Waals surface area contributed by atoms with Crippen molar-refractivity contribution in [3.05, 3.63) is 12.1 Å². The van der Waals surface area contributed by atoms with E-state index in [4.69, 9.17) is 10.0 Å². The second-order valence-corrected chi connectivity index (χ2v) is 1.98. The average Bonchev–Trinajstić information content (AvgIpc) is 1.80. The highest BCUT2D eigenvalue weighted by atomic mass is 16.4.